The fourth-order valence-corrected chi connectivity index (χ4v) is 3.78. The van der Waals surface area contributed by atoms with E-state index in [1.165, 1.54) is 6.42 Å². The summed E-state index contributed by atoms with van der Waals surface area (Å²) >= 11 is 0. The standard InChI is InChI=1S/C12H25NO2S/c1-12(2,3)7-5-8-13-11-6-4-9-16(14,15)10-11/h11,13H,4-10H2,1-3H3. The van der Waals surface area contributed by atoms with E-state index in [4.69, 9.17) is 0 Å². The van der Waals surface area contributed by atoms with E-state index in [0.717, 1.165) is 25.8 Å². The van der Waals surface area contributed by atoms with Crippen molar-refractivity contribution in [2.45, 2.75) is 52.5 Å². The molecule has 0 aromatic rings. The van der Waals surface area contributed by atoms with Gasteiger partial charge in [-0.1, -0.05) is 20.8 Å². The van der Waals surface area contributed by atoms with E-state index in [0.29, 0.717) is 16.9 Å². The quantitative estimate of drug-likeness (QED) is 0.773. The molecule has 1 rings (SSSR count). The third-order valence-electron chi connectivity index (χ3n) is 3.00. The molecule has 96 valence electrons. The second kappa shape index (κ2) is 5.50. The van der Waals surface area contributed by atoms with Gasteiger partial charge in [-0.05, 0) is 37.6 Å². The summed E-state index contributed by atoms with van der Waals surface area (Å²) in [6.07, 6.45) is 4.13. The van der Waals surface area contributed by atoms with Crippen molar-refractivity contribution in [1.29, 1.82) is 0 Å². The lowest BCUT2D eigenvalue weighted by Crippen LogP contribution is -2.40. The van der Waals surface area contributed by atoms with Crippen LogP contribution < -0.4 is 5.32 Å². The fourth-order valence-electron chi connectivity index (χ4n) is 2.11. The predicted octanol–water partition coefficient (Wildman–Crippen LogP) is 1.98. The Labute approximate surface area is 99.9 Å². The van der Waals surface area contributed by atoms with Crippen LogP contribution in [0.15, 0.2) is 0 Å². The van der Waals surface area contributed by atoms with Crippen LogP contribution in [0.2, 0.25) is 0 Å². The maximum Gasteiger partial charge on any atom is 0.151 e. The van der Waals surface area contributed by atoms with E-state index in [9.17, 15) is 8.42 Å². The molecule has 0 aromatic carbocycles. The van der Waals surface area contributed by atoms with Crippen LogP contribution >= 0.6 is 0 Å². The van der Waals surface area contributed by atoms with E-state index in [1.807, 2.05) is 0 Å². The Kier molecular flexibility index (Phi) is 4.80. The van der Waals surface area contributed by atoms with Gasteiger partial charge < -0.3 is 5.32 Å². The summed E-state index contributed by atoms with van der Waals surface area (Å²) in [5.74, 6) is 0.718. The molecule has 1 N–H and O–H groups in total. The van der Waals surface area contributed by atoms with Crippen LogP contribution in [0.5, 0.6) is 0 Å². The number of nitrogens with one attached hydrogen (secondary N) is 1. The molecule has 1 atom stereocenters. The summed E-state index contributed by atoms with van der Waals surface area (Å²) in [4.78, 5) is 0. The molecular formula is C12H25NO2S. The molecule has 1 fully saturated rings. The van der Waals surface area contributed by atoms with Gasteiger partial charge in [-0.2, -0.15) is 0 Å². The minimum absolute atomic E-state index is 0.193. The first kappa shape index (κ1) is 14.0. The maximum atomic E-state index is 11.4. The summed E-state index contributed by atoms with van der Waals surface area (Å²) in [6.45, 7) is 7.64. The molecule has 1 aliphatic heterocycles. The molecule has 0 radical (unpaired) electrons. The van der Waals surface area contributed by atoms with Gasteiger partial charge in [0.2, 0.25) is 0 Å². The highest BCUT2D eigenvalue weighted by Gasteiger charge is 2.24. The summed E-state index contributed by atoms with van der Waals surface area (Å²) in [5.41, 5.74) is 0.375. The van der Waals surface area contributed by atoms with Gasteiger partial charge in [0, 0.05) is 6.04 Å². The van der Waals surface area contributed by atoms with Crippen molar-refractivity contribution in [3.8, 4) is 0 Å². The Morgan fingerprint density at radius 3 is 2.56 bits per heavy atom. The van der Waals surface area contributed by atoms with Crippen LogP contribution in [0.3, 0.4) is 0 Å². The average molecular weight is 247 g/mol. The highest BCUT2D eigenvalue weighted by molar-refractivity contribution is 7.91. The number of rotatable bonds is 4. The third-order valence-corrected chi connectivity index (χ3v) is 4.82. The Hall–Kier alpha value is -0.0900. The van der Waals surface area contributed by atoms with Crippen molar-refractivity contribution in [2.24, 2.45) is 5.41 Å². The second-order valence-electron chi connectivity index (χ2n) is 6.07. The summed E-state index contributed by atoms with van der Waals surface area (Å²) in [6, 6.07) is 0.193. The van der Waals surface area contributed by atoms with Gasteiger partial charge in [0.1, 0.15) is 0 Å². The summed E-state index contributed by atoms with van der Waals surface area (Å²) < 4.78 is 22.8. The Morgan fingerprint density at radius 1 is 1.31 bits per heavy atom. The Bertz CT molecular complexity index is 303. The van der Waals surface area contributed by atoms with Crippen LogP contribution in [0.1, 0.15) is 46.5 Å². The second-order valence-corrected chi connectivity index (χ2v) is 8.30. The van der Waals surface area contributed by atoms with Crippen molar-refractivity contribution in [3.05, 3.63) is 0 Å². The minimum atomic E-state index is -2.76. The van der Waals surface area contributed by atoms with Gasteiger partial charge in [-0.25, -0.2) is 8.42 Å². The Balaban J connectivity index is 2.18. The number of hydrogen-bond donors (Lipinski definition) is 1. The van der Waals surface area contributed by atoms with Gasteiger partial charge in [-0.3, -0.25) is 0 Å². The zero-order chi connectivity index (χ0) is 12.2. The molecule has 1 saturated heterocycles. The van der Waals surface area contributed by atoms with Crippen LogP contribution in [0, 0.1) is 5.41 Å². The first-order valence-electron chi connectivity index (χ1n) is 6.22. The van der Waals surface area contributed by atoms with E-state index >= 15 is 0 Å². The topological polar surface area (TPSA) is 46.2 Å². The summed E-state index contributed by atoms with van der Waals surface area (Å²) in [7, 11) is -2.76. The molecule has 0 amide bonds. The van der Waals surface area contributed by atoms with Crippen LogP contribution in [-0.2, 0) is 9.84 Å². The lowest BCUT2D eigenvalue weighted by molar-refractivity contribution is 0.353. The van der Waals surface area contributed by atoms with E-state index < -0.39 is 9.84 Å². The van der Waals surface area contributed by atoms with Crippen LogP contribution in [-0.4, -0.2) is 32.5 Å². The van der Waals surface area contributed by atoms with Crippen LogP contribution in [0.25, 0.3) is 0 Å². The summed E-state index contributed by atoms with van der Waals surface area (Å²) in [5, 5.41) is 3.37. The van der Waals surface area contributed by atoms with Gasteiger partial charge in [0.05, 0.1) is 11.5 Å². The smallest absolute Gasteiger partial charge is 0.151 e. The van der Waals surface area contributed by atoms with Gasteiger partial charge in [0.15, 0.2) is 9.84 Å². The molecule has 0 bridgehead atoms. The molecule has 0 aromatic heterocycles. The SMILES string of the molecule is CC(C)(C)CCCNC1CCCS(=O)(=O)C1. The highest BCUT2D eigenvalue weighted by Crippen LogP contribution is 2.20. The van der Waals surface area contributed by atoms with Crippen molar-refractivity contribution in [1.82, 2.24) is 5.32 Å². The molecule has 0 spiro atoms. The lowest BCUT2D eigenvalue weighted by atomic mass is 9.90. The van der Waals surface area contributed by atoms with Crippen molar-refractivity contribution >= 4 is 9.84 Å². The molecule has 1 unspecified atom stereocenters. The molecule has 16 heavy (non-hydrogen) atoms. The largest absolute Gasteiger partial charge is 0.313 e. The minimum Gasteiger partial charge on any atom is -0.313 e. The molecular weight excluding hydrogens is 222 g/mol. The van der Waals surface area contributed by atoms with E-state index in [2.05, 4.69) is 26.1 Å². The van der Waals surface area contributed by atoms with Crippen molar-refractivity contribution in [2.75, 3.05) is 18.1 Å². The molecule has 1 aliphatic rings. The third kappa shape index (κ3) is 5.85. The van der Waals surface area contributed by atoms with Crippen molar-refractivity contribution < 1.29 is 8.42 Å². The molecule has 0 aliphatic carbocycles. The first-order valence-corrected chi connectivity index (χ1v) is 8.04. The number of hydrogen-bond acceptors (Lipinski definition) is 3. The van der Waals surface area contributed by atoms with Crippen LogP contribution in [0.4, 0.5) is 0 Å². The number of sulfone groups is 1. The fraction of sp³-hybridized carbons (Fsp3) is 1.00. The zero-order valence-corrected chi connectivity index (χ0v) is 11.6. The van der Waals surface area contributed by atoms with E-state index in [1.54, 1.807) is 0 Å². The molecule has 1 heterocycles. The predicted molar refractivity (Wildman–Crippen MR) is 68.4 cm³/mol. The highest BCUT2D eigenvalue weighted by atomic mass is 32.2. The normalized spacial score (nSPS) is 25.6. The molecule has 4 heteroatoms. The monoisotopic (exact) mass is 247 g/mol. The zero-order valence-electron chi connectivity index (χ0n) is 10.8. The molecule has 3 nitrogen and oxygen atoms in total. The molecule has 0 saturated carbocycles. The first-order chi connectivity index (χ1) is 7.29. The van der Waals surface area contributed by atoms with Gasteiger partial charge in [-0.15, -0.1) is 0 Å². The maximum absolute atomic E-state index is 11.4. The van der Waals surface area contributed by atoms with Gasteiger partial charge >= 0.3 is 0 Å². The lowest BCUT2D eigenvalue weighted by Gasteiger charge is -2.24. The van der Waals surface area contributed by atoms with Gasteiger partial charge in [0.25, 0.3) is 0 Å². The van der Waals surface area contributed by atoms with Crippen molar-refractivity contribution in [3.63, 3.8) is 0 Å². The Morgan fingerprint density at radius 2 is 2.00 bits per heavy atom. The van der Waals surface area contributed by atoms with E-state index in [-0.39, 0.29) is 6.04 Å². The average Bonchev–Trinajstić information content (AvgIpc) is 2.09.